The Balaban J connectivity index is 2.27. The molecule has 0 atom stereocenters. The third-order valence-electron chi connectivity index (χ3n) is 1.69. The van der Waals surface area contributed by atoms with E-state index in [4.69, 9.17) is 0 Å². The molecular formula is C9H8N2OS2. The van der Waals surface area contributed by atoms with E-state index in [1.54, 1.807) is 17.4 Å². The van der Waals surface area contributed by atoms with Crippen molar-refractivity contribution in [3.63, 3.8) is 0 Å². The Morgan fingerprint density at radius 2 is 2.50 bits per heavy atom. The Kier molecular flexibility index (Phi) is 2.69. The molecule has 0 aromatic carbocycles. The van der Waals surface area contributed by atoms with E-state index in [0.717, 1.165) is 4.88 Å². The number of amides is 1. The SMILES string of the molecule is CSC1=NC(=Cc2cccs2)C(=O)N1. The predicted molar refractivity (Wildman–Crippen MR) is 61.4 cm³/mol. The number of nitrogens with zero attached hydrogens (tertiary/aromatic N) is 1. The van der Waals surface area contributed by atoms with Crippen LogP contribution in [0.25, 0.3) is 6.08 Å². The summed E-state index contributed by atoms with van der Waals surface area (Å²) in [6.45, 7) is 0. The summed E-state index contributed by atoms with van der Waals surface area (Å²) in [5.74, 6) is -0.122. The first-order valence-corrected chi connectivity index (χ1v) is 6.09. The van der Waals surface area contributed by atoms with Crippen molar-refractivity contribution >= 4 is 40.2 Å². The van der Waals surface area contributed by atoms with Crippen LogP contribution in [-0.4, -0.2) is 17.3 Å². The van der Waals surface area contributed by atoms with Crippen molar-refractivity contribution in [3.8, 4) is 0 Å². The second-order valence-corrected chi connectivity index (χ2v) is 4.39. The van der Waals surface area contributed by atoms with Crippen LogP contribution in [0.2, 0.25) is 0 Å². The Morgan fingerprint density at radius 1 is 1.64 bits per heavy atom. The van der Waals surface area contributed by atoms with Gasteiger partial charge in [0.2, 0.25) is 0 Å². The molecule has 5 heteroatoms. The lowest BCUT2D eigenvalue weighted by Crippen LogP contribution is -2.21. The molecule has 1 aromatic heterocycles. The summed E-state index contributed by atoms with van der Waals surface area (Å²) in [5.41, 5.74) is 0.483. The van der Waals surface area contributed by atoms with Gasteiger partial charge in [0.15, 0.2) is 5.17 Å². The molecule has 2 rings (SSSR count). The normalized spacial score (nSPS) is 18.5. The minimum absolute atomic E-state index is 0.122. The Hall–Kier alpha value is -1.07. The first-order valence-electron chi connectivity index (χ1n) is 3.99. The van der Waals surface area contributed by atoms with Gasteiger partial charge in [-0.3, -0.25) is 10.1 Å². The molecule has 0 radical (unpaired) electrons. The summed E-state index contributed by atoms with van der Waals surface area (Å²) >= 11 is 3.02. The van der Waals surface area contributed by atoms with E-state index in [-0.39, 0.29) is 5.91 Å². The Labute approximate surface area is 89.9 Å². The molecule has 1 aliphatic heterocycles. The summed E-state index contributed by atoms with van der Waals surface area (Å²) in [6, 6.07) is 3.90. The van der Waals surface area contributed by atoms with Gasteiger partial charge in [-0.2, -0.15) is 0 Å². The Morgan fingerprint density at radius 3 is 3.07 bits per heavy atom. The number of thiophene rings is 1. The molecule has 0 spiro atoms. The molecule has 1 amide bonds. The van der Waals surface area contributed by atoms with Gasteiger partial charge in [0.05, 0.1) is 0 Å². The van der Waals surface area contributed by atoms with Crippen LogP contribution in [0.1, 0.15) is 4.88 Å². The van der Waals surface area contributed by atoms with Crippen molar-refractivity contribution < 1.29 is 4.79 Å². The third-order valence-corrected chi connectivity index (χ3v) is 3.09. The average molecular weight is 224 g/mol. The molecule has 1 N–H and O–H groups in total. The summed E-state index contributed by atoms with van der Waals surface area (Å²) in [4.78, 5) is 16.6. The van der Waals surface area contributed by atoms with Crippen molar-refractivity contribution in [3.05, 3.63) is 28.1 Å². The zero-order chi connectivity index (χ0) is 9.97. The monoisotopic (exact) mass is 224 g/mol. The van der Waals surface area contributed by atoms with Crippen LogP contribution >= 0.6 is 23.1 Å². The quantitative estimate of drug-likeness (QED) is 0.741. The topological polar surface area (TPSA) is 41.5 Å². The van der Waals surface area contributed by atoms with Crippen LogP contribution in [0.15, 0.2) is 28.2 Å². The number of nitrogens with one attached hydrogen (secondary N) is 1. The predicted octanol–water partition coefficient (Wildman–Crippen LogP) is 1.94. The number of hydrogen-bond donors (Lipinski definition) is 1. The summed E-state index contributed by atoms with van der Waals surface area (Å²) in [7, 11) is 0. The van der Waals surface area contributed by atoms with Crippen molar-refractivity contribution in [2.45, 2.75) is 0 Å². The number of amidine groups is 1. The van der Waals surface area contributed by atoms with E-state index >= 15 is 0 Å². The molecule has 0 saturated heterocycles. The fourth-order valence-corrected chi connectivity index (χ4v) is 2.09. The van der Waals surface area contributed by atoms with E-state index in [1.807, 2.05) is 23.8 Å². The van der Waals surface area contributed by atoms with Crippen molar-refractivity contribution in [2.75, 3.05) is 6.26 Å². The van der Waals surface area contributed by atoms with E-state index in [2.05, 4.69) is 10.3 Å². The highest BCUT2D eigenvalue weighted by molar-refractivity contribution is 8.13. The highest BCUT2D eigenvalue weighted by Gasteiger charge is 2.18. The van der Waals surface area contributed by atoms with Crippen LogP contribution < -0.4 is 5.32 Å². The fourth-order valence-electron chi connectivity index (χ4n) is 1.05. The van der Waals surface area contributed by atoms with Gasteiger partial charge in [-0.25, -0.2) is 4.99 Å². The molecule has 3 nitrogen and oxygen atoms in total. The average Bonchev–Trinajstić information content (AvgIpc) is 2.78. The maximum absolute atomic E-state index is 11.4. The first-order chi connectivity index (χ1) is 6.79. The zero-order valence-electron chi connectivity index (χ0n) is 7.48. The lowest BCUT2D eigenvalue weighted by atomic mass is 10.3. The van der Waals surface area contributed by atoms with Gasteiger partial charge < -0.3 is 0 Å². The van der Waals surface area contributed by atoms with Gasteiger partial charge in [-0.15, -0.1) is 11.3 Å². The van der Waals surface area contributed by atoms with Crippen molar-refractivity contribution in [2.24, 2.45) is 4.99 Å². The van der Waals surface area contributed by atoms with Crippen LogP contribution in [-0.2, 0) is 4.79 Å². The van der Waals surface area contributed by atoms with Crippen LogP contribution in [0, 0.1) is 0 Å². The Bertz CT molecular complexity index is 406. The van der Waals surface area contributed by atoms with Crippen molar-refractivity contribution in [1.29, 1.82) is 0 Å². The van der Waals surface area contributed by atoms with Gasteiger partial charge in [-0.1, -0.05) is 17.8 Å². The number of hydrogen-bond acceptors (Lipinski definition) is 4. The second-order valence-electron chi connectivity index (χ2n) is 2.62. The number of rotatable bonds is 1. The maximum Gasteiger partial charge on any atom is 0.275 e. The standard InChI is InChI=1S/C9H8N2OS2/c1-13-9-10-7(8(12)11-9)5-6-3-2-4-14-6/h2-5H,1H3,(H,10,11,12). The minimum Gasteiger partial charge on any atom is -0.300 e. The second kappa shape index (κ2) is 3.98. The molecule has 2 heterocycles. The molecule has 0 fully saturated rings. The van der Waals surface area contributed by atoms with Crippen molar-refractivity contribution in [1.82, 2.24) is 5.32 Å². The molecule has 1 aliphatic rings. The summed E-state index contributed by atoms with van der Waals surface area (Å²) in [6.07, 6.45) is 3.68. The smallest absolute Gasteiger partial charge is 0.275 e. The largest absolute Gasteiger partial charge is 0.300 e. The van der Waals surface area contributed by atoms with E-state index in [9.17, 15) is 4.79 Å². The number of carbonyl (C=O) groups excluding carboxylic acids is 1. The van der Waals surface area contributed by atoms with Gasteiger partial charge in [0, 0.05) is 4.88 Å². The molecule has 72 valence electrons. The highest BCUT2D eigenvalue weighted by atomic mass is 32.2. The highest BCUT2D eigenvalue weighted by Crippen LogP contribution is 2.17. The van der Waals surface area contributed by atoms with Gasteiger partial charge in [0.1, 0.15) is 5.70 Å². The number of thioether (sulfide) groups is 1. The van der Waals surface area contributed by atoms with E-state index in [1.165, 1.54) is 11.8 Å². The maximum atomic E-state index is 11.4. The molecule has 0 aliphatic carbocycles. The molecular weight excluding hydrogens is 216 g/mol. The van der Waals surface area contributed by atoms with Crippen LogP contribution in [0.5, 0.6) is 0 Å². The van der Waals surface area contributed by atoms with Gasteiger partial charge >= 0.3 is 0 Å². The van der Waals surface area contributed by atoms with E-state index < -0.39 is 0 Å². The lowest BCUT2D eigenvalue weighted by molar-refractivity contribution is -0.115. The molecule has 0 bridgehead atoms. The van der Waals surface area contributed by atoms with E-state index in [0.29, 0.717) is 10.9 Å². The van der Waals surface area contributed by atoms with Crippen LogP contribution in [0.3, 0.4) is 0 Å². The third kappa shape index (κ3) is 1.88. The number of aliphatic imine (C=N–C) groups is 1. The fraction of sp³-hybridized carbons (Fsp3) is 0.111. The summed E-state index contributed by atoms with van der Waals surface area (Å²) in [5, 5.41) is 5.31. The summed E-state index contributed by atoms with van der Waals surface area (Å²) < 4.78 is 0. The molecule has 0 saturated carbocycles. The number of carbonyl (C=O) groups is 1. The molecule has 14 heavy (non-hydrogen) atoms. The molecule has 1 aromatic rings. The zero-order valence-corrected chi connectivity index (χ0v) is 9.11. The van der Waals surface area contributed by atoms with Gasteiger partial charge in [0.25, 0.3) is 5.91 Å². The first kappa shape index (κ1) is 9.48. The molecule has 0 unspecified atom stereocenters. The lowest BCUT2D eigenvalue weighted by Gasteiger charge is -1.90. The minimum atomic E-state index is -0.122. The van der Waals surface area contributed by atoms with Gasteiger partial charge in [-0.05, 0) is 23.8 Å². The van der Waals surface area contributed by atoms with Crippen LogP contribution in [0.4, 0.5) is 0 Å².